The second-order valence-electron chi connectivity index (χ2n) is 8.10. The molecule has 0 aliphatic carbocycles. The summed E-state index contributed by atoms with van der Waals surface area (Å²) in [5.74, 6) is -1.76. The molecular formula is C21H26F3N3O4. The highest BCUT2D eigenvalue weighted by Crippen LogP contribution is 2.35. The van der Waals surface area contributed by atoms with Gasteiger partial charge in [0.05, 0.1) is 11.6 Å². The predicted octanol–water partition coefficient (Wildman–Crippen LogP) is 2.91. The van der Waals surface area contributed by atoms with Crippen LogP contribution in [0.15, 0.2) is 18.2 Å². The fourth-order valence-electron chi connectivity index (χ4n) is 3.49. The summed E-state index contributed by atoms with van der Waals surface area (Å²) in [6, 6.07) is 7.53. The minimum atomic E-state index is -5.08. The topological polar surface area (TPSA) is 103 Å². The molecule has 3 rings (SSSR count). The number of hydrogen-bond acceptors (Lipinski definition) is 5. The minimum absolute atomic E-state index is 0.0520. The summed E-state index contributed by atoms with van der Waals surface area (Å²) in [5.41, 5.74) is 2.03. The van der Waals surface area contributed by atoms with E-state index in [-0.39, 0.29) is 18.4 Å². The summed E-state index contributed by atoms with van der Waals surface area (Å²) in [5, 5.41) is 19.5. The van der Waals surface area contributed by atoms with Crippen molar-refractivity contribution in [1.82, 2.24) is 10.2 Å². The van der Waals surface area contributed by atoms with Crippen LogP contribution >= 0.6 is 0 Å². The molecule has 2 N–H and O–H groups in total. The first-order chi connectivity index (χ1) is 14.5. The van der Waals surface area contributed by atoms with Crippen molar-refractivity contribution in [1.29, 1.82) is 5.26 Å². The number of halogens is 3. The molecule has 0 atom stereocenters. The molecular weight excluding hydrogens is 415 g/mol. The van der Waals surface area contributed by atoms with Gasteiger partial charge in [-0.2, -0.15) is 18.4 Å². The van der Waals surface area contributed by atoms with Gasteiger partial charge in [0.15, 0.2) is 6.61 Å². The molecule has 2 saturated heterocycles. The van der Waals surface area contributed by atoms with Gasteiger partial charge < -0.3 is 20.1 Å². The highest BCUT2D eigenvalue weighted by Gasteiger charge is 2.40. The van der Waals surface area contributed by atoms with Crippen LogP contribution in [0.5, 0.6) is 5.75 Å². The highest BCUT2D eigenvalue weighted by atomic mass is 19.4. The zero-order chi connectivity index (χ0) is 23.2. The molecule has 0 radical (unpaired) electrons. The van der Waals surface area contributed by atoms with Gasteiger partial charge in [-0.3, -0.25) is 4.79 Å². The van der Waals surface area contributed by atoms with E-state index in [1.807, 2.05) is 11.0 Å². The van der Waals surface area contributed by atoms with Crippen LogP contribution in [0.25, 0.3) is 0 Å². The molecule has 1 amide bonds. The quantitative estimate of drug-likeness (QED) is 0.745. The summed E-state index contributed by atoms with van der Waals surface area (Å²) in [7, 11) is 0. The molecule has 1 aromatic carbocycles. The number of ether oxygens (including phenoxy) is 1. The third-order valence-corrected chi connectivity index (χ3v) is 5.53. The first-order valence-electron chi connectivity index (χ1n) is 9.93. The number of rotatable bonds is 4. The van der Waals surface area contributed by atoms with Crippen LogP contribution in [-0.2, 0) is 9.59 Å². The molecule has 31 heavy (non-hydrogen) atoms. The van der Waals surface area contributed by atoms with E-state index in [4.69, 9.17) is 19.9 Å². The second-order valence-corrected chi connectivity index (χ2v) is 8.10. The molecule has 2 heterocycles. The largest absolute Gasteiger partial charge is 0.490 e. The second kappa shape index (κ2) is 10.0. The molecule has 2 fully saturated rings. The Bertz CT molecular complexity index is 835. The van der Waals surface area contributed by atoms with Gasteiger partial charge in [0.1, 0.15) is 5.75 Å². The van der Waals surface area contributed by atoms with Crippen LogP contribution in [0.2, 0.25) is 0 Å². The Labute approximate surface area is 178 Å². The van der Waals surface area contributed by atoms with Gasteiger partial charge in [-0.1, -0.05) is 13.8 Å². The Morgan fingerprint density at radius 3 is 2.29 bits per heavy atom. The van der Waals surface area contributed by atoms with E-state index >= 15 is 0 Å². The average Bonchev–Trinajstić information content (AvgIpc) is 2.70. The summed E-state index contributed by atoms with van der Waals surface area (Å²) < 4.78 is 37.5. The Balaban J connectivity index is 0.000000423. The lowest BCUT2D eigenvalue weighted by molar-refractivity contribution is -0.192. The highest BCUT2D eigenvalue weighted by molar-refractivity contribution is 5.78. The van der Waals surface area contributed by atoms with Crippen molar-refractivity contribution in [3.05, 3.63) is 29.3 Å². The first-order valence-corrected chi connectivity index (χ1v) is 9.93. The van der Waals surface area contributed by atoms with Gasteiger partial charge in [0.25, 0.3) is 5.91 Å². The summed E-state index contributed by atoms with van der Waals surface area (Å²) >= 11 is 0. The number of hydrogen-bond donors (Lipinski definition) is 2. The lowest BCUT2D eigenvalue weighted by Crippen LogP contribution is -2.59. The van der Waals surface area contributed by atoms with Crippen LogP contribution in [-0.4, -0.2) is 60.8 Å². The number of carboxylic acids is 1. The van der Waals surface area contributed by atoms with Crippen molar-refractivity contribution in [3.63, 3.8) is 0 Å². The molecule has 1 aromatic rings. The van der Waals surface area contributed by atoms with E-state index in [9.17, 15) is 18.0 Å². The third kappa shape index (κ3) is 6.59. The fourth-order valence-corrected chi connectivity index (χ4v) is 3.49. The number of piperidine rings is 1. The zero-order valence-corrected chi connectivity index (χ0v) is 17.5. The summed E-state index contributed by atoms with van der Waals surface area (Å²) in [4.78, 5) is 23.2. The van der Waals surface area contributed by atoms with Crippen LogP contribution in [0.1, 0.15) is 43.7 Å². The maximum atomic E-state index is 12.4. The first kappa shape index (κ1) is 24.5. The van der Waals surface area contributed by atoms with Gasteiger partial charge in [0.2, 0.25) is 0 Å². The number of carbonyl (C=O) groups is 2. The van der Waals surface area contributed by atoms with Crippen LogP contribution < -0.4 is 10.1 Å². The van der Waals surface area contributed by atoms with Crippen molar-refractivity contribution in [3.8, 4) is 11.8 Å². The van der Waals surface area contributed by atoms with Crippen LogP contribution in [0.4, 0.5) is 13.2 Å². The molecule has 0 bridgehead atoms. The van der Waals surface area contributed by atoms with Crippen molar-refractivity contribution in [2.75, 3.05) is 32.8 Å². The Morgan fingerprint density at radius 1 is 1.29 bits per heavy atom. The molecule has 10 heteroatoms. The number of likely N-dealkylation sites (tertiary alicyclic amines) is 1. The van der Waals surface area contributed by atoms with Crippen LogP contribution in [0.3, 0.4) is 0 Å². The van der Waals surface area contributed by atoms with Crippen molar-refractivity contribution in [2.24, 2.45) is 5.41 Å². The van der Waals surface area contributed by atoms with E-state index in [1.165, 1.54) is 0 Å². The lowest BCUT2D eigenvalue weighted by atomic mass is 9.73. The third-order valence-electron chi connectivity index (χ3n) is 5.53. The number of amides is 1. The number of aliphatic carboxylic acids is 1. The van der Waals surface area contributed by atoms with Gasteiger partial charge in [-0.15, -0.1) is 0 Å². The number of carboxylic acid groups (broad SMARTS) is 1. The van der Waals surface area contributed by atoms with Gasteiger partial charge >= 0.3 is 12.1 Å². The molecule has 2 aliphatic rings. The predicted molar refractivity (Wildman–Crippen MR) is 106 cm³/mol. The van der Waals surface area contributed by atoms with Crippen LogP contribution in [0, 0.1) is 16.7 Å². The van der Waals surface area contributed by atoms with E-state index in [2.05, 4.69) is 25.2 Å². The van der Waals surface area contributed by atoms with Crippen molar-refractivity contribution in [2.45, 2.75) is 38.8 Å². The molecule has 0 unspecified atom stereocenters. The van der Waals surface area contributed by atoms with Gasteiger partial charge in [0, 0.05) is 26.2 Å². The Kier molecular flexibility index (Phi) is 7.90. The van der Waals surface area contributed by atoms with Gasteiger partial charge in [-0.25, -0.2) is 4.79 Å². The summed E-state index contributed by atoms with van der Waals surface area (Å²) in [6.45, 7) is 8.02. The molecule has 2 aliphatic heterocycles. The van der Waals surface area contributed by atoms with E-state index < -0.39 is 12.1 Å². The number of alkyl halides is 3. The lowest BCUT2D eigenvalue weighted by Gasteiger charge is -2.48. The Morgan fingerprint density at radius 2 is 1.87 bits per heavy atom. The van der Waals surface area contributed by atoms with Crippen molar-refractivity contribution >= 4 is 11.9 Å². The van der Waals surface area contributed by atoms with Crippen molar-refractivity contribution < 1.29 is 32.6 Å². The monoisotopic (exact) mass is 441 g/mol. The number of nitrogens with one attached hydrogen (secondary N) is 1. The van der Waals surface area contributed by atoms with E-state index in [0.29, 0.717) is 16.7 Å². The maximum absolute atomic E-state index is 12.4. The average molecular weight is 441 g/mol. The number of nitrogens with zero attached hydrogens (tertiary/aromatic N) is 2. The SMILES string of the molecule is CC(C)c1cc(C#N)ccc1OCC(=O)N1CCC2(CC1)CNC2.O=C(O)C(F)(F)F. The molecule has 1 spiro atoms. The number of carbonyl (C=O) groups excluding carboxylic acids is 1. The van der Waals surface area contributed by atoms with Gasteiger partial charge in [-0.05, 0) is 47.9 Å². The Hall–Kier alpha value is -2.80. The molecule has 0 aromatic heterocycles. The normalized spacial score (nSPS) is 17.3. The molecule has 170 valence electrons. The number of benzene rings is 1. The molecule has 0 saturated carbocycles. The standard InChI is InChI=1S/C19H25N3O2.C2HF3O2/c1-14(2)16-9-15(10-20)3-4-17(16)24-11-18(23)22-7-5-19(6-8-22)12-21-13-19;3-2(4,5)1(6)7/h3-4,9,14,21H,5-8,11-13H2,1-2H3;(H,6,7). The number of nitriles is 1. The smallest absolute Gasteiger partial charge is 0.483 e. The summed E-state index contributed by atoms with van der Waals surface area (Å²) in [6.07, 6.45) is -2.92. The van der Waals surface area contributed by atoms with E-state index in [0.717, 1.165) is 44.6 Å². The minimum Gasteiger partial charge on any atom is -0.483 e. The zero-order valence-electron chi connectivity index (χ0n) is 17.5. The van der Waals surface area contributed by atoms with E-state index in [1.54, 1.807) is 12.1 Å². The fraction of sp³-hybridized carbons (Fsp3) is 0.571. The maximum Gasteiger partial charge on any atom is 0.490 e. The molecule has 7 nitrogen and oxygen atoms in total.